The van der Waals surface area contributed by atoms with Crippen molar-refractivity contribution >= 4 is 11.9 Å². The van der Waals surface area contributed by atoms with Gasteiger partial charge in [0.05, 0.1) is 0 Å². The number of carbonyl (C=O) groups is 2. The molecule has 0 spiro atoms. The Balaban J connectivity index is 0.000000325. The number of benzene rings is 1. The van der Waals surface area contributed by atoms with Crippen LogP contribution in [0.5, 0.6) is 5.75 Å². The van der Waals surface area contributed by atoms with E-state index >= 15 is 0 Å². The molecular formula is C11H13NO4. The zero-order valence-electron chi connectivity index (χ0n) is 8.80. The molecule has 5 nitrogen and oxygen atoms in total. The Morgan fingerprint density at radius 2 is 1.75 bits per heavy atom. The smallest absolute Gasteiger partial charge is 0.339 e. The van der Waals surface area contributed by atoms with Crippen LogP contribution in [0.2, 0.25) is 0 Å². The molecular weight excluding hydrogens is 210 g/mol. The minimum Gasteiger partial charge on any atom is -0.507 e. The summed E-state index contributed by atoms with van der Waals surface area (Å²) in [5.41, 5.74) is 5.03. The summed E-state index contributed by atoms with van der Waals surface area (Å²) in [6.07, 6.45) is 0. The van der Waals surface area contributed by atoms with Gasteiger partial charge in [-0.1, -0.05) is 18.7 Å². The summed E-state index contributed by atoms with van der Waals surface area (Å²) < 4.78 is 0. The number of carboxylic acid groups (broad SMARTS) is 1. The number of aromatic hydroxyl groups is 1. The molecule has 0 heterocycles. The van der Waals surface area contributed by atoms with Crippen molar-refractivity contribution in [2.45, 2.75) is 6.92 Å². The number of aromatic carboxylic acids is 1. The first kappa shape index (κ1) is 13.7. The van der Waals surface area contributed by atoms with Crippen LogP contribution in [0.4, 0.5) is 0 Å². The summed E-state index contributed by atoms with van der Waals surface area (Å²) in [4.78, 5) is 20.1. The molecule has 1 aromatic rings. The lowest BCUT2D eigenvalue weighted by atomic mass is 10.2. The lowest BCUT2D eigenvalue weighted by Crippen LogP contribution is -2.10. The van der Waals surface area contributed by atoms with E-state index in [0.29, 0.717) is 5.57 Å². The first-order valence-corrected chi connectivity index (χ1v) is 4.33. The number of carbonyl (C=O) groups excluding carboxylic acids is 1. The highest BCUT2D eigenvalue weighted by molar-refractivity contribution is 5.90. The molecule has 5 heteroatoms. The van der Waals surface area contributed by atoms with E-state index in [0.717, 1.165) is 0 Å². The van der Waals surface area contributed by atoms with Crippen molar-refractivity contribution in [3.63, 3.8) is 0 Å². The second kappa shape index (κ2) is 6.23. The molecule has 4 N–H and O–H groups in total. The van der Waals surface area contributed by atoms with Gasteiger partial charge in [0.2, 0.25) is 5.91 Å². The van der Waals surface area contributed by atoms with Crippen LogP contribution in [-0.2, 0) is 4.79 Å². The van der Waals surface area contributed by atoms with Crippen LogP contribution < -0.4 is 5.73 Å². The molecule has 0 aliphatic rings. The van der Waals surface area contributed by atoms with Gasteiger partial charge in [0.15, 0.2) is 0 Å². The Hall–Kier alpha value is -2.30. The number of hydrogen-bond acceptors (Lipinski definition) is 3. The minimum absolute atomic E-state index is 0.0671. The molecule has 0 atom stereocenters. The molecule has 0 unspecified atom stereocenters. The molecule has 16 heavy (non-hydrogen) atoms. The summed E-state index contributed by atoms with van der Waals surface area (Å²) in [5, 5.41) is 17.3. The lowest BCUT2D eigenvalue weighted by molar-refractivity contribution is -0.114. The summed E-state index contributed by atoms with van der Waals surface area (Å²) in [5.74, 6) is -1.75. The third kappa shape index (κ3) is 4.80. The molecule has 1 rings (SSSR count). The monoisotopic (exact) mass is 223 g/mol. The average molecular weight is 223 g/mol. The fourth-order valence-electron chi connectivity index (χ4n) is 0.654. The van der Waals surface area contributed by atoms with Crippen LogP contribution in [0.3, 0.4) is 0 Å². The first-order valence-electron chi connectivity index (χ1n) is 4.33. The van der Waals surface area contributed by atoms with E-state index in [9.17, 15) is 9.59 Å². The number of rotatable bonds is 2. The van der Waals surface area contributed by atoms with Gasteiger partial charge in [-0.15, -0.1) is 0 Å². The molecule has 0 saturated heterocycles. The van der Waals surface area contributed by atoms with Crippen LogP contribution in [0.25, 0.3) is 0 Å². The first-order chi connectivity index (χ1) is 7.36. The SMILES string of the molecule is C=C(C)C(N)=O.O=C(O)c1ccccc1O. The number of phenols is 1. The standard InChI is InChI=1S/C7H6O3.C4H7NO/c8-6-4-2-1-3-5(6)7(9)10;1-3(2)4(5)6/h1-4,8H,(H,9,10);1H2,2H3,(H2,5,6). The van der Waals surface area contributed by atoms with Crippen LogP contribution in [-0.4, -0.2) is 22.1 Å². The fraction of sp³-hybridized carbons (Fsp3) is 0.0909. The number of amides is 1. The van der Waals surface area contributed by atoms with Crippen LogP contribution in [0.1, 0.15) is 17.3 Å². The van der Waals surface area contributed by atoms with E-state index in [1.54, 1.807) is 19.1 Å². The van der Waals surface area contributed by atoms with E-state index in [2.05, 4.69) is 6.58 Å². The van der Waals surface area contributed by atoms with Gasteiger partial charge >= 0.3 is 5.97 Å². The molecule has 0 fully saturated rings. The van der Waals surface area contributed by atoms with E-state index in [1.807, 2.05) is 0 Å². The van der Waals surface area contributed by atoms with E-state index in [-0.39, 0.29) is 11.3 Å². The zero-order valence-corrected chi connectivity index (χ0v) is 8.80. The maximum atomic E-state index is 10.3. The Kier molecular flexibility index (Phi) is 5.34. The van der Waals surface area contributed by atoms with Crippen molar-refractivity contribution in [3.05, 3.63) is 42.0 Å². The quantitative estimate of drug-likeness (QED) is 0.654. The Bertz CT molecular complexity index is 400. The number of carboxylic acids is 1. The number of primary amides is 1. The van der Waals surface area contributed by atoms with Crippen LogP contribution in [0, 0.1) is 0 Å². The van der Waals surface area contributed by atoms with Gasteiger partial charge in [-0.25, -0.2) is 4.79 Å². The fourth-order valence-corrected chi connectivity index (χ4v) is 0.654. The Morgan fingerprint density at radius 3 is 2.00 bits per heavy atom. The van der Waals surface area contributed by atoms with Gasteiger partial charge in [0, 0.05) is 5.57 Å². The lowest BCUT2D eigenvalue weighted by Gasteiger charge is -1.95. The zero-order chi connectivity index (χ0) is 12.7. The maximum absolute atomic E-state index is 10.3. The predicted molar refractivity (Wildman–Crippen MR) is 59.1 cm³/mol. The largest absolute Gasteiger partial charge is 0.507 e. The highest BCUT2D eigenvalue weighted by atomic mass is 16.4. The van der Waals surface area contributed by atoms with Gasteiger partial charge in [0.1, 0.15) is 11.3 Å². The molecule has 86 valence electrons. The molecule has 0 radical (unpaired) electrons. The van der Waals surface area contributed by atoms with Gasteiger partial charge in [0.25, 0.3) is 0 Å². The van der Waals surface area contributed by atoms with Crippen molar-refractivity contribution in [3.8, 4) is 5.75 Å². The summed E-state index contributed by atoms with van der Waals surface area (Å²) in [7, 11) is 0. The summed E-state index contributed by atoms with van der Waals surface area (Å²) in [6, 6.07) is 5.81. The van der Waals surface area contributed by atoms with E-state index < -0.39 is 11.9 Å². The van der Waals surface area contributed by atoms with Crippen LogP contribution in [0.15, 0.2) is 36.4 Å². The second-order valence-corrected chi connectivity index (χ2v) is 2.97. The third-order valence-corrected chi connectivity index (χ3v) is 1.56. The molecule has 0 aliphatic heterocycles. The van der Waals surface area contributed by atoms with Gasteiger partial charge in [-0.3, -0.25) is 4.79 Å². The molecule has 0 bridgehead atoms. The van der Waals surface area contributed by atoms with Crippen molar-refractivity contribution in [1.82, 2.24) is 0 Å². The minimum atomic E-state index is -1.11. The molecule has 1 aromatic carbocycles. The highest BCUT2D eigenvalue weighted by Gasteiger charge is 2.05. The predicted octanol–water partition coefficient (Wildman–Crippen LogP) is 1.14. The number of hydrogen-bond donors (Lipinski definition) is 3. The number of nitrogens with two attached hydrogens (primary N) is 1. The second-order valence-electron chi connectivity index (χ2n) is 2.97. The highest BCUT2D eigenvalue weighted by Crippen LogP contribution is 2.14. The Labute approximate surface area is 92.8 Å². The van der Waals surface area contributed by atoms with Crippen molar-refractivity contribution in [1.29, 1.82) is 0 Å². The van der Waals surface area contributed by atoms with Gasteiger partial charge in [-0.2, -0.15) is 0 Å². The van der Waals surface area contributed by atoms with Crippen LogP contribution >= 0.6 is 0 Å². The third-order valence-electron chi connectivity index (χ3n) is 1.56. The molecule has 0 aromatic heterocycles. The molecule has 0 aliphatic carbocycles. The number of para-hydroxylation sites is 1. The van der Waals surface area contributed by atoms with Crippen molar-refractivity contribution < 1.29 is 19.8 Å². The van der Waals surface area contributed by atoms with E-state index in [4.69, 9.17) is 15.9 Å². The molecule has 1 amide bonds. The normalized spacial score (nSPS) is 8.56. The average Bonchev–Trinajstić information content (AvgIpc) is 2.18. The van der Waals surface area contributed by atoms with E-state index in [1.165, 1.54) is 12.1 Å². The summed E-state index contributed by atoms with van der Waals surface area (Å²) in [6.45, 7) is 4.85. The summed E-state index contributed by atoms with van der Waals surface area (Å²) >= 11 is 0. The van der Waals surface area contributed by atoms with Crippen molar-refractivity contribution in [2.75, 3.05) is 0 Å². The topological polar surface area (TPSA) is 101 Å². The van der Waals surface area contributed by atoms with Gasteiger partial charge in [-0.05, 0) is 19.1 Å². The Morgan fingerprint density at radius 1 is 1.31 bits per heavy atom. The maximum Gasteiger partial charge on any atom is 0.339 e. The molecule has 0 saturated carbocycles. The van der Waals surface area contributed by atoms with Gasteiger partial charge < -0.3 is 15.9 Å². The van der Waals surface area contributed by atoms with Crippen molar-refractivity contribution in [2.24, 2.45) is 5.73 Å².